The van der Waals surface area contributed by atoms with Crippen LogP contribution in [0.3, 0.4) is 0 Å². The Labute approximate surface area is 77.2 Å². The number of hydrogen-bond donors (Lipinski definition) is 0. The summed E-state index contributed by atoms with van der Waals surface area (Å²) in [6.07, 6.45) is 1.38. The second-order valence-electron chi connectivity index (χ2n) is 2.65. The first-order chi connectivity index (χ1) is 5.98. The van der Waals surface area contributed by atoms with E-state index < -0.39 is 10.0 Å². The zero-order chi connectivity index (χ0) is 10.1. The average Bonchev–Trinajstić information content (AvgIpc) is 2.50. The van der Waals surface area contributed by atoms with Crippen molar-refractivity contribution in [2.75, 3.05) is 13.6 Å². The molecule has 0 saturated carbocycles. The maximum atomic E-state index is 11.6. The van der Waals surface area contributed by atoms with E-state index in [2.05, 4.69) is 10.3 Å². The smallest absolute Gasteiger partial charge is 0.254 e. The fourth-order valence-corrected chi connectivity index (χ4v) is 1.86. The highest BCUT2D eigenvalue weighted by Gasteiger charge is 2.22. The minimum absolute atomic E-state index is 0.0145. The molecule has 74 valence electrons. The predicted molar refractivity (Wildman–Crippen MR) is 46.5 cm³/mol. The van der Waals surface area contributed by atoms with Gasteiger partial charge in [0.2, 0.25) is 5.03 Å². The third-order valence-electron chi connectivity index (χ3n) is 1.70. The van der Waals surface area contributed by atoms with Crippen molar-refractivity contribution in [3.8, 4) is 0 Å². The van der Waals surface area contributed by atoms with E-state index in [-0.39, 0.29) is 5.03 Å². The lowest BCUT2D eigenvalue weighted by molar-refractivity contribution is 0.483. The Bertz CT molecular complexity index is 383. The zero-order valence-electron chi connectivity index (χ0n) is 7.80. The van der Waals surface area contributed by atoms with Crippen molar-refractivity contribution in [1.82, 2.24) is 19.3 Å². The van der Waals surface area contributed by atoms with Gasteiger partial charge in [0.1, 0.15) is 0 Å². The first-order valence-corrected chi connectivity index (χ1v) is 5.25. The summed E-state index contributed by atoms with van der Waals surface area (Å²) in [4.78, 5) is 0. The van der Waals surface area contributed by atoms with Gasteiger partial charge in [-0.05, 0) is 0 Å². The predicted octanol–water partition coefficient (Wildman–Crippen LogP) is -0.544. The van der Waals surface area contributed by atoms with Gasteiger partial charge in [-0.25, -0.2) is 8.42 Å². The van der Waals surface area contributed by atoms with Crippen LogP contribution < -0.4 is 0 Å². The molecule has 0 N–H and O–H groups in total. The number of hydrogen-bond acceptors (Lipinski definition) is 4. The Morgan fingerprint density at radius 2 is 2.23 bits per heavy atom. The van der Waals surface area contributed by atoms with E-state index in [1.165, 1.54) is 22.2 Å². The number of aryl methyl sites for hydroxylation is 1. The Morgan fingerprint density at radius 3 is 2.62 bits per heavy atom. The fraction of sp³-hybridized carbons (Fsp3) is 0.667. The highest BCUT2D eigenvalue weighted by atomic mass is 32.2. The third-order valence-corrected chi connectivity index (χ3v) is 3.50. The van der Waals surface area contributed by atoms with Gasteiger partial charge >= 0.3 is 0 Å². The molecule has 0 unspecified atom stereocenters. The largest absolute Gasteiger partial charge is 0.263 e. The lowest BCUT2D eigenvalue weighted by Crippen LogP contribution is -2.26. The molecule has 13 heavy (non-hydrogen) atoms. The van der Waals surface area contributed by atoms with Crippen molar-refractivity contribution in [1.29, 1.82) is 0 Å². The lowest BCUT2D eigenvalue weighted by Gasteiger charge is -2.11. The molecule has 1 aromatic rings. The molecule has 0 saturated heterocycles. The summed E-state index contributed by atoms with van der Waals surface area (Å²) in [5.74, 6) is 0. The van der Waals surface area contributed by atoms with Crippen LogP contribution in [0.4, 0.5) is 0 Å². The SMILES string of the molecule is CCN(C)S(=O)(=O)c1cn(C)nn1. The molecule has 0 aliphatic heterocycles. The molecule has 7 heteroatoms. The van der Waals surface area contributed by atoms with Crippen LogP contribution >= 0.6 is 0 Å². The van der Waals surface area contributed by atoms with Crippen LogP contribution in [0.2, 0.25) is 0 Å². The molecule has 0 atom stereocenters. The Kier molecular flexibility index (Phi) is 2.67. The van der Waals surface area contributed by atoms with Crippen molar-refractivity contribution in [3.63, 3.8) is 0 Å². The summed E-state index contributed by atoms with van der Waals surface area (Å²) >= 11 is 0. The van der Waals surface area contributed by atoms with Gasteiger partial charge in [0.15, 0.2) is 0 Å². The Morgan fingerprint density at radius 1 is 1.62 bits per heavy atom. The highest BCUT2D eigenvalue weighted by Crippen LogP contribution is 2.08. The van der Waals surface area contributed by atoms with Crippen LogP contribution in [-0.2, 0) is 17.1 Å². The molecule has 1 rings (SSSR count). The van der Waals surface area contributed by atoms with Gasteiger partial charge in [0.05, 0.1) is 6.20 Å². The van der Waals surface area contributed by atoms with Crippen LogP contribution in [0.25, 0.3) is 0 Å². The molecular weight excluding hydrogens is 192 g/mol. The summed E-state index contributed by atoms with van der Waals surface area (Å²) in [7, 11) is -0.302. The van der Waals surface area contributed by atoms with E-state index in [1.54, 1.807) is 14.0 Å². The molecule has 6 nitrogen and oxygen atoms in total. The quantitative estimate of drug-likeness (QED) is 0.663. The van der Waals surface area contributed by atoms with Crippen molar-refractivity contribution in [2.45, 2.75) is 11.9 Å². The van der Waals surface area contributed by atoms with Gasteiger partial charge in [-0.2, -0.15) is 4.31 Å². The van der Waals surface area contributed by atoms with Crippen LogP contribution in [0.1, 0.15) is 6.92 Å². The van der Waals surface area contributed by atoms with Gasteiger partial charge in [-0.3, -0.25) is 4.68 Å². The first-order valence-electron chi connectivity index (χ1n) is 3.81. The summed E-state index contributed by atoms with van der Waals surface area (Å²) in [5.41, 5.74) is 0. The zero-order valence-corrected chi connectivity index (χ0v) is 8.61. The summed E-state index contributed by atoms with van der Waals surface area (Å²) < 4.78 is 25.8. The van der Waals surface area contributed by atoms with Gasteiger partial charge in [0, 0.05) is 20.6 Å². The van der Waals surface area contributed by atoms with E-state index >= 15 is 0 Å². The second kappa shape index (κ2) is 3.43. The molecule has 1 aromatic heterocycles. The molecule has 0 fully saturated rings. The average molecular weight is 204 g/mol. The highest BCUT2D eigenvalue weighted by molar-refractivity contribution is 7.89. The van der Waals surface area contributed by atoms with E-state index in [4.69, 9.17) is 0 Å². The fourth-order valence-electron chi connectivity index (χ4n) is 0.774. The third kappa shape index (κ3) is 1.86. The Balaban J connectivity index is 3.08. The maximum Gasteiger partial charge on any atom is 0.263 e. The minimum atomic E-state index is -3.43. The molecule has 1 heterocycles. The second-order valence-corrected chi connectivity index (χ2v) is 4.64. The maximum absolute atomic E-state index is 11.6. The number of sulfonamides is 1. The van der Waals surface area contributed by atoms with Crippen molar-refractivity contribution in [3.05, 3.63) is 6.20 Å². The van der Waals surface area contributed by atoms with Gasteiger partial charge in [0.25, 0.3) is 10.0 Å². The van der Waals surface area contributed by atoms with Gasteiger partial charge < -0.3 is 0 Å². The summed E-state index contributed by atoms with van der Waals surface area (Å²) in [5, 5.41) is 7.09. The van der Waals surface area contributed by atoms with E-state index in [1.807, 2.05) is 0 Å². The van der Waals surface area contributed by atoms with E-state index in [0.29, 0.717) is 6.54 Å². The molecule has 0 spiro atoms. The van der Waals surface area contributed by atoms with Gasteiger partial charge in [-0.15, -0.1) is 5.10 Å². The van der Waals surface area contributed by atoms with Crippen LogP contribution in [-0.4, -0.2) is 41.3 Å². The van der Waals surface area contributed by atoms with Crippen LogP contribution in [0.15, 0.2) is 11.2 Å². The topological polar surface area (TPSA) is 68.1 Å². The summed E-state index contributed by atoms with van der Waals surface area (Å²) in [6, 6.07) is 0. The first kappa shape index (κ1) is 10.1. The van der Waals surface area contributed by atoms with Crippen molar-refractivity contribution >= 4 is 10.0 Å². The normalized spacial score (nSPS) is 12.3. The van der Waals surface area contributed by atoms with Crippen molar-refractivity contribution in [2.24, 2.45) is 7.05 Å². The molecule has 0 bridgehead atoms. The van der Waals surface area contributed by atoms with E-state index in [9.17, 15) is 8.42 Å². The molecule has 0 aliphatic carbocycles. The number of aromatic nitrogens is 3. The molecule has 0 radical (unpaired) electrons. The van der Waals surface area contributed by atoms with Crippen molar-refractivity contribution < 1.29 is 8.42 Å². The Hall–Kier alpha value is -0.950. The van der Waals surface area contributed by atoms with Gasteiger partial charge in [-0.1, -0.05) is 12.1 Å². The lowest BCUT2D eigenvalue weighted by atomic mass is 10.8. The standard InChI is InChI=1S/C6H12N4O2S/c1-4-10(3)13(11,12)6-5-9(2)8-7-6/h5H,4H2,1-3H3. The number of rotatable bonds is 3. The van der Waals surface area contributed by atoms with Crippen LogP contribution in [0, 0.1) is 0 Å². The van der Waals surface area contributed by atoms with Crippen LogP contribution in [0.5, 0.6) is 0 Å². The van der Waals surface area contributed by atoms with E-state index in [0.717, 1.165) is 0 Å². The molecule has 0 aromatic carbocycles. The molecule has 0 amide bonds. The molecular formula is C6H12N4O2S. The summed E-state index contributed by atoms with van der Waals surface area (Å²) in [6.45, 7) is 2.17. The number of nitrogens with zero attached hydrogens (tertiary/aromatic N) is 4. The molecule has 0 aliphatic rings. The monoisotopic (exact) mass is 204 g/mol. The minimum Gasteiger partial charge on any atom is -0.254 e.